The Morgan fingerprint density at radius 3 is 2.92 bits per heavy atom. The van der Waals surface area contributed by atoms with E-state index in [0.717, 1.165) is 18.7 Å². The number of hydrogen-bond acceptors (Lipinski definition) is 4. The average Bonchev–Trinajstić information content (AvgIpc) is 2.57. The first kappa shape index (κ1) is 8.13. The zero-order chi connectivity index (χ0) is 8.39. The van der Waals surface area contributed by atoms with E-state index in [1.54, 1.807) is 5.51 Å². The van der Waals surface area contributed by atoms with Gasteiger partial charge >= 0.3 is 0 Å². The molecule has 66 valence electrons. The molecule has 2 rings (SSSR count). The van der Waals surface area contributed by atoms with Crippen LogP contribution < -0.4 is 5.73 Å². The Labute approximate surface area is 76.2 Å². The minimum atomic E-state index is 0.286. The van der Waals surface area contributed by atoms with Crippen molar-refractivity contribution in [2.45, 2.75) is 37.6 Å². The third-order valence-corrected chi connectivity index (χ3v) is 3.02. The van der Waals surface area contributed by atoms with Crippen molar-refractivity contribution in [3.63, 3.8) is 0 Å². The highest BCUT2D eigenvalue weighted by atomic mass is 32.1. The van der Waals surface area contributed by atoms with Crippen LogP contribution in [0.1, 0.15) is 37.4 Å². The number of hydrogen-bond donors (Lipinski definition) is 1. The summed E-state index contributed by atoms with van der Waals surface area (Å²) < 4.78 is 4.24. The van der Waals surface area contributed by atoms with Gasteiger partial charge < -0.3 is 5.73 Å². The number of nitrogens with two attached hydrogens (primary N) is 1. The second kappa shape index (κ2) is 3.49. The van der Waals surface area contributed by atoms with Crippen LogP contribution in [0, 0.1) is 0 Å². The van der Waals surface area contributed by atoms with Crippen LogP contribution in [0.3, 0.4) is 0 Å². The van der Waals surface area contributed by atoms with Gasteiger partial charge in [0.1, 0.15) is 11.3 Å². The maximum absolute atomic E-state index is 5.99. The molecule has 12 heavy (non-hydrogen) atoms. The molecule has 0 aromatic carbocycles. The molecule has 0 saturated heterocycles. The zero-order valence-corrected chi connectivity index (χ0v) is 7.76. The highest BCUT2D eigenvalue weighted by molar-refractivity contribution is 7.03. The molecule has 2 unspecified atom stereocenters. The topological polar surface area (TPSA) is 51.8 Å². The van der Waals surface area contributed by atoms with Gasteiger partial charge in [-0.05, 0) is 24.4 Å². The minimum Gasteiger partial charge on any atom is -0.327 e. The van der Waals surface area contributed by atoms with E-state index >= 15 is 0 Å². The fourth-order valence-electron chi connectivity index (χ4n) is 1.82. The molecule has 0 radical (unpaired) electrons. The van der Waals surface area contributed by atoms with Gasteiger partial charge in [0, 0.05) is 12.0 Å². The van der Waals surface area contributed by atoms with Crippen LogP contribution in [0.15, 0.2) is 5.51 Å². The fourth-order valence-corrected chi connectivity index (χ4v) is 2.32. The second-order valence-electron chi connectivity index (χ2n) is 3.34. The first-order chi connectivity index (χ1) is 5.88. The molecule has 0 bridgehead atoms. The third-order valence-electron chi connectivity index (χ3n) is 2.53. The summed E-state index contributed by atoms with van der Waals surface area (Å²) in [5.74, 6) is 1.39. The summed E-state index contributed by atoms with van der Waals surface area (Å²) in [5, 5.41) is 0. The predicted octanol–water partition coefficient (Wildman–Crippen LogP) is 1.52. The van der Waals surface area contributed by atoms with Gasteiger partial charge in [-0.3, -0.25) is 0 Å². The summed E-state index contributed by atoms with van der Waals surface area (Å²) in [5.41, 5.74) is 7.78. The Balaban J connectivity index is 2.11. The first-order valence-corrected chi connectivity index (χ1v) is 5.23. The van der Waals surface area contributed by atoms with Crippen LogP contribution >= 0.6 is 11.5 Å². The molecular formula is C8H13N3S. The van der Waals surface area contributed by atoms with Gasteiger partial charge in [-0.15, -0.1) is 0 Å². The van der Waals surface area contributed by atoms with Gasteiger partial charge in [0.25, 0.3) is 0 Å². The summed E-state index contributed by atoms with van der Waals surface area (Å²) in [6.07, 6.45) is 4.83. The molecule has 1 heterocycles. The Morgan fingerprint density at radius 1 is 1.42 bits per heavy atom. The molecule has 3 nitrogen and oxygen atoms in total. The van der Waals surface area contributed by atoms with E-state index in [1.165, 1.54) is 24.4 Å². The van der Waals surface area contributed by atoms with E-state index in [9.17, 15) is 0 Å². The molecule has 2 atom stereocenters. The zero-order valence-electron chi connectivity index (χ0n) is 6.94. The normalized spacial score (nSPS) is 30.4. The largest absolute Gasteiger partial charge is 0.327 e. The van der Waals surface area contributed by atoms with Crippen LogP contribution in [0.4, 0.5) is 0 Å². The molecule has 4 heteroatoms. The molecule has 0 aliphatic heterocycles. The quantitative estimate of drug-likeness (QED) is 0.718. The lowest BCUT2D eigenvalue weighted by Gasteiger charge is -2.25. The van der Waals surface area contributed by atoms with Gasteiger partial charge in [0.05, 0.1) is 0 Å². The summed E-state index contributed by atoms with van der Waals surface area (Å²) in [6, 6.07) is 0.286. The number of aromatic nitrogens is 2. The molecule has 1 saturated carbocycles. The fraction of sp³-hybridized carbons (Fsp3) is 0.750. The van der Waals surface area contributed by atoms with Gasteiger partial charge in [0.15, 0.2) is 0 Å². The third kappa shape index (κ3) is 1.49. The summed E-state index contributed by atoms with van der Waals surface area (Å²) in [4.78, 5) is 4.22. The second-order valence-corrected chi connectivity index (χ2v) is 3.95. The van der Waals surface area contributed by atoms with Gasteiger partial charge in [0.2, 0.25) is 0 Å². The SMILES string of the molecule is NC1CCCCC1c1ncsn1. The monoisotopic (exact) mass is 183 g/mol. The first-order valence-electron chi connectivity index (χ1n) is 4.40. The lowest BCUT2D eigenvalue weighted by molar-refractivity contribution is 0.375. The van der Waals surface area contributed by atoms with Crippen LogP contribution in [0.2, 0.25) is 0 Å². The molecule has 0 amide bonds. The Hall–Kier alpha value is -0.480. The number of nitrogens with zero attached hydrogens (tertiary/aromatic N) is 2. The van der Waals surface area contributed by atoms with E-state index < -0.39 is 0 Å². The summed E-state index contributed by atoms with van der Waals surface area (Å²) in [6.45, 7) is 0. The van der Waals surface area contributed by atoms with Gasteiger partial charge in [-0.2, -0.15) is 4.37 Å². The highest BCUT2D eigenvalue weighted by Gasteiger charge is 2.25. The predicted molar refractivity (Wildman–Crippen MR) is 49.1 cm³/mol. The minimum absolute atomic E-state index is 0.286. The lowest BCUT2D eigenvalue weighted by atomic mass is 9.85. The summed E-state index contributed by atoms with van der Waals surface area (Å²) in [7, 11) is 0. The van der Waals surface area contributed by atoms with Crippen LogP contribution in [-0.2, 0) is 0 Å². The Morgan fingerprint density at radius 2 is 2.25 bits per heavy atom. The molecule has 1 aliphatic carbocycles. The molecular weight excluding hydrogens is 170 g/mol. The van der Waals surface area contributed by atoms with Gasteiger partial charge in [-0.1, -0.05) is 12.8 Å². The van der Waals surface area contributed by atoms with E-state index in [-0.39, 0.29) is 6.04 Å². The van der Waals surface area contributed by atoms with Crippen molar-refractivity contribution in [2.24, 2.45) is 5.73 Å². The molecule has 1 aromatic heterocycles. The average molecular weight is 183 g/mol. The van der Waals surface area contributed by atoms with Crippen molar-refractivity contribution in [3.8, 4) is 0 Å². The van der Waals surface area contributed by atoms with Gasteiger partial charge in [-0.25, -0.2) is 4.98 Å². The van der Waals surface area contributed by atoms with Crippen molar-refractivity contribution in [1.29, 1.82) is 0 Å². The van der Waals surface area contributed by atoms with Crippen LogP contribution in [-0.4, -0.2) is 15.4 Å². The maximum atomic E-state index is 5.99. The van der Waals surface area contributed by atoms with Crippen molar-refractivity contribution in [3.05, 3.63) is 11.3 Å². The molecule has 1 fully saturated rings. The highest BCUT2D eigenvalue weighted by Crippen LogP contribution is 2.29. The molecule has 1 aliphatic rings. The van der Waals surface area contributed by atoms with Crippen molar-refractivity contribution in [1.82, 2.24) is 9.36 Å². The maximum Gasteiger partial charge on any atom is 0.146 e. The Kier molecular flexibility index (Phi) is 2.37. The molecule has 2 N–H and O–H groups in total. The van der Waals surface area contributed by atoms with Crippen LogP contribution in [0.25, 0.3) is 0 Å². The number of rotatable bonds is 1. The Bertz CT molecular complexity index is 234. The van der Waals surface area contributed by atoms with E-state index in [4.69, 9.17) is 5.73 Å². The molecule has 1 aromatic rings. The molecule has 0 spiro atoms. The van der Waals surface area contributed by atoms with Crippen molar-refractivity contribution in [2.75, 3.05) is 0 Å². The van der Waals surface area contributed by atoms with E-state index in [0.29, 0.717) is 5.92 Å². The van der Waals surface area contributed by atoms with E-state index in [2.05, 4.69) is 9.36 Å². The summed E-state index contributed by atoms with van der Waals surface area (Å²) >= 11 is 1.42. The van der Waals surface area contributed by atoms with Crippen LogP contribution in [0.5, 0.6) is 0 Å². The smallest absolute Gasteiger partial charge is 0.146 e. The van der Waals surface area contributed by atoms with E-state index in [1.807, 2.05) is 0 Å². The lowest BCUT2D eigenvalue weighted by Crippen LogP contribution is -2.31. The van der Waals surface area contributed by atoms with Crippen molar-refractivity contribution >= 4 is 11.5 Å². The standard InChI is InChI=1S/C8H13N3S/c9-7-4-2-1-3-6(7)8-10-5-12-11-8/h5-7H,1-4,9H2. The van der Waals surface area contributed by atoms with Crippen molar-refractivity contribution < 1.29 is 0 Å².